The van der Waals surface area contributed by atoms with Gasteiger partial charge in [-0.05, 0) is 24.3 Å². The molecule has 0 spiro atoms. The predicted octanol–water partition coefficient (Wildman–Crippen LogP) is 2.06. The maximum atomic E-state index is 12.4. The van der Waals surface area contributed by atoms with Crippen LogP contribution in [0.4, 0.5) is 5.69 Å². The van der Waals surface area contributed by atoms with Crippen molar-refractivity contribution >= 4 is 15.8 Å². The van der Waals surface area contributed by atoms with Gasteiger partial charge in [-0.3, -0.25) is 0 Å². The molecule has 0 fully saturated rings. The highest BCUT2D eigenvalue weighted by Crippen LogP contribution is 2.39. The number of nitrogens with two attached hydrogens (primary N) is 1. The van der Waals surface area contributed by atoms with Gasteiger partial charge in [0.1, 0.15) is 10.6 Å². The van der Waals surface area contributed by atoms with E-state index in [9.17, 15) is 8.42 Å². The summed E-state index contributed by atoms with van der Waals surface area (Å²) in [6.07, 6.45) is 0. The molecule has 8 heteroatoms. The molecule has 0 aromatic heterocycles. The van der Waals surface area contributed by atoms with Crippen molar-refractivity contribution in [3.63, 3.8) is 0 Å². The third kappa shape index (κ3) is 3.59. The number of ether oxygens (including phenoxy) is 3. The Hall–Kier alpha value is -2.61. The van der Waals surface area contributed by atoms with Crippen molar-refractivity contribution in [1.29, 1.82) is 0 Å². The molecule has 2 N–H and O–H groups in total. The third-order valence-corrected chi connectivity index (χ3v) is 4.24. The number of rotatable bonds is 6. The number of hydrogen-bond donors (Lipinski definition) is 1. The van der Waals surface area contributed by atoms with E-state index in [1.165, 1.54) is 45.6 Å². The molecule has 2 aromatic rings. The SMILES string of the molecule is COc1cc(S(=O)(=O)Oc2ccc(N)cc2)cc(OC)c1OC. The van der Waals surface area contributed by atoms with Crippen LogP contribution in [0.15, 0.2) is 41.3 Å². The van der Waals surface area contributed by atoms with Crippen LogP contribution in [0.3, 0.4) is 0 Å². The number of anilines is 1. The van der Waals surface area contributed by atoms with Gasteiger partial charge in [0.25, 0.3) is 0 Å². The molecular formula is C15H17NO6S. The molecule has 0 saturated carbocycles. The molecule has 0 atom stereocenters. The maximum absolute atomic E-state index is 12.4. The Morgan fingerprint density at radius 2 is 1.39 bits per heavy atom. The van der Waals surface area contributed by atoms with Crippen LogP contribution < -0.4 is 24.1 Å². The van der Waals surface area contributed by atoms with E-state index in [1.54, 1.807) is 12.1 Å². The minimum atomic E-state index is -4.07. The van der Waals surface area contributed by atoms with Gasteiger partial charge < -0.3 is 24.1 Å². The molecule has 0 radical (unpaired) electrons. The zero-order chi connectivity index (χ0) is 17.0. The van der Waals surface area contributed by atoms with Gasteiger partial charge in [-0.2, -0.15) is 8.42 Å². The van der Waals surface area contributed by atoms with Crippen LogP contribution in [0.5, 0.6) is 23.0 Å². The van der Waals surface area contributed by atoms with Gasteiger partial charge in [0.2, 0.25) is 5.75 Å². The van der Waals surface area contributed by atoms with E-state index in [2.05, 4.69) is 0 Å². The van der Waals surface area contributed by atoms with Crippen LogP contribution in [-0.4, -0.2) is 29.7 Å². The Morgan fingerprint density at radius 1 is 0.870 bits per heavy atom. The van der Waals surface area contributed by atoms with Crippen LogP contribution in [0.25, 0.3) is 0 Å². The normalized spacial score (nSPS) is 10.9. The second kappa shape index (κ2) is 6.66. The monoisotopic (exact) mass is 339 g/mol. The van der Waals surface area contributed by atoms with Crippen molar-refractivity contribution < 1.29 is 26.8 Å². The van der Waals surface area contributed by atoms with E-state index < -0.39 is 10.1 Å². The average molecular weight is 339 g/mol. The first kappa shape index (κ1) is 16.8. The Morgan fingerprint density at radius 3 is 1.83 bits per heavy atom. The summed E-state index contributed by atoms with van der Waals surface area (Å²) in [7, 11) is 0.152. The minimum absolute atomic E-state index is 0.121. The first-order valence-corrected chi connectivity index (χ1v) is 7.92. The highest BCUT2D eigenvalue weighted by atomic mass is 32.2. The molecule has 23 heavy (non-hydrogen) atoms. The smallest absolute Gasteiger partial charge is 0.339 e. The van der Waals surface area contributed by atoms with E-state index in [0.717, 1.165) is 0 Å². The molecule has 0 aliphatic rings. The molecule has 7 nitrogen and oxygen atoms in total. The Kier molecular flexibility index (Phi) is 4.85. The first-order valence-electron chi connectivity index (χ1n) is 6.51. The Bertz CT molecular complexity index is 761. The molecule has 2 rings (SSSR count). The molecule has 0 heterocycles. The number of methoxy groups -OCH3 is 3. The highest BCUT2D eigenvalue weighted by Gasteiger charge is 2.23. The predicted molar refractivity (Wildman–Crippen MR) is 84.8 cm³/mol. The topological polar surface area (TPSA) is 97.1 Å². The van der Waals surface area contributed by atoms with Crippen molar-refractivity contribution in [2.45, 2.75) is 4.90 Å². The van der Waals surface area contributed by atoms with Crippen LogP contribution >= 0.6 is 0 Å². The molecule has 0 saturated heterocycles. The second-order valence-electron chi connectivity index (χ2n) is 4.47. The summed E-state index contributed by atoms with van der Waals surface area (Å²) in [6.45, 7) is 0. The number of hydrogen-bond acceptors (Lipinski definition) is 7. The fourth-order valence-corrected chi connectivity index (χ4v) is 2.86. The lowest BCUT2D eigenvalue weighted by molar-refractivity contribution is 0.322. The van der Waals surface area contributed by atoms with Gasteiger partial charge in [-0.1, -0.05) is 0 Å². The lowest BCUT2D eigenvalue weighted by Crippen LogP contribution is -2.10. The maximum Gasteiger partial charge on any atom is 0.339 e. The Balaban J connectivity index is 2.44. The van der Waals surface area contributed by atoms with E-state index in [0.29, 0.717) is 11.4 Å². The molecule has 2 aromatic carbocycles. The highest BCUT2D eigenvalue weighted by molar-refractivity contribution is 7.87. The molecule has 0 aliphatic carbocycles. The van der Waals surface area contributed by atoms with Gasteiger partial charge in [0.05, 0.1) is 21.3 Å². The zero-order valence-electron chi connectivity index (χ0n) is 12.9. The quantitative estimate of drug-likeness (QED) is 0.635. The number of nitrogen functional groups attached to an aromatic ring is 1. The van der Waals surface area contributed by atoms with Crippen molar-refractivity contribution in [2.24, 2.45) is 0 Å². The average Bonchev–Trinajstić information content (AvgIpc) is 2.55. The molecule has 0 bridgehead atoms. The van der Waals surface area contributed by atoms with E-state index >= 15 is 0 Å². The summed E-state index contributed by atoms with van der Waals surface area (Å²) in [5, 5.41) is 0. The van der Waals surface area contributed by atoms with Gasteiger partial charge in [-0.15, -0.1) is 0 Å². The van der Waals surface area contributed by atoms with Crippen LogP contribution in [-0.2, 0) is 10.1 Å². The summed E-state index contributed by atoms with van der Waals surface area (Å²) in [5.74, 6) is 0.868. The van der Waals surface area contributed by atoms with Crippen LogP contribution in [0, 0.1) is 0 Å². The molecule has 0 aliphatic heterocycles. The number of benzene rings is 2. The van der Waals surface area contributed by atoms with Crippen molar-refractivity contribution in [3.05, 3.63) is 36.4 Å². The molecule has 0 unspecified atom stereocenters. The van der Waals surface area contributed by atoms with E-state index in [1.807, 2.05) is 0 Å². The standard InChI is InChI=1S/C15H17NO6S/c1-19-13-8-12(9-14(20-2)15(13)21-3)23(17,18)22-11-6-4-10(16)5-7-11/h4-9H,16H2,1-3H3. The molecule has 124 valence electrons. The largest absolute Gasteiger partial charge is 0.493 e. The second-order valence-corrected chi connectivity index (χ2v) is 6.01. The van der Waals surface area contributed by atoms with Crippen LogP contribution in [0.1, 0.15) is 0 Å². The first-order chi connectivity index (χ1) is 10.9. The van der Waals surface area contributed by atoms with Crippen LogP contribution in [0.2, 0.25) is 0 Å². The van der Waals surface area contributed by atoms with Gasteiger partial charge in [0.15, 0.2) is 11.5 Å². The minimum Gasteiger partial charge on any atom is -0.493 e. The fourth-order valence-electron chi connectivity index (χ4n) is 1.90. The summed E-state index contributed by atoms with van der Waals surface area (Å²) in [6, 6.07) is 8.61. The molecular weight excluding hydrogens is 322 g/mol. The Labute approximate surface area is 134 Å². The summed E-state index contributed by atoms with van der Waals surface area (Å²) in [4.78, 5) is -0.121. The summed E-state index contributed by atoms with van der Waals surface area (Å²) in [5.41, 5.74) is 6.06. The van der Waals surface area contributed by atoms with Crippen molar-refractivity contribution in [3.8, 4) is 23.0 Å². The summed E-state index contributed by atoms with van der Waals surface area (Å²) < 4.78 is 45.3. The van der Waals surface area contributed by atoms with E-state index in [-0.39, 0.29) is 22.1 Å². The van der Waals surface area contributed by atoms with E-state index in [4.69, 9.17) is 24.1 Å². The van der Waals surface area contributed by atoms with Gasteiger partial charge in [0, 0.05) is 17.8 Å². The summed E-state index contributed by atoms with van der Waals surface area (Å²) >= 11 is 0. The van der Waals surface area contributed by atoms with Crippen molar-refractivity contribution in [2.75, 3.05) is 27.1 Å². The van der Waals surface area contributed by atoms with Crippen molar-refractivity contribution in [1.82, 2.24) is 0 Å². The molecule has 0 amide bonds. The third-order valence-electron chi connectivity index (χ3n) is 3.01. The lowest BCUT2D eigenvalue weighted by Gasteiger charge is -2.14. The lowest BCUT2D eigenvalue weighted by atomic mass is 10.3. The van der Waals surface area contributed by atoms with Gasteiger partial charge >= 0.3 is 10.1 Å². The van der Waals surface area contributed by atoms with Gasteiger partial charge in [-0.25, -0.2) is 0 Å². The fraction of sp³-hybridized carbons (Fsp3) is 0.200. The zero-order valence-corrected chi connectivity index (χ0v) is 13.7.